The number of benzene rings is 2. The van der Waals surface area contributed by atoms with E-state index < -0.39 is 5.97 Å². The number of rotatable bonds is 4. The van der Waals surface area contributed by atoms with E-state index in [9.17, 15) is 9.59 Å². The standard InChI is InChI=1S/C22H19BrN2O4/c23-16-5-3-4-15(12-16)20-13-18(17-6-1-2-7-19(17)24-20)22(27)29-14-21(26)25-8-10-28-11-9-25/h1-7,12-13H,8-11,14H2. The number of para-hydroxylation sites is 1. The van der Waals surface area contributed by atoms with Gasteiger partial charge in [-0.25, -0.2) is 9.78 Å². The van der Waals surface area contributed by atoms with Gasteiger partial charge in [-0.2, -0.15) is 0 Å². The number of nitrogens with zero attached hydrogens (tertiary/aromatic N) is 2. The highest BCUT2D eigenvalue weighted by Gasteiger charge is 2.20. The largest absolute Gasteiger partial charge is 0.452 e. The first-order chi connectivity index (χ1) is 14.1. The van der Waals surface area contributed by atoms with Crippen molar-refractivity contribution in [2.45, 2.75) is 0 Å². The second kappa shape index (κ2) is 8.71. The number of hydrogen-bond donors (Lipinski definition) is 0. The number of carbonyl (C=O) groups excluding carboxylic acids is 2. The molecule has 0 saturated carbocycles. The molecule has 2 heterocycles. The fraction of sp³-hybridized carbons (Fsp3) is 0.227. The van der Waals surface area contributed by atoms with Crippen LogP contribution in [0.3, 0.4) is 0 Å². The fourth-order valence-electron chi connectivity index (χ4n) is 3.25. The molecule has 0 radical (unpaired) electrons. The number of halogens is 1. The van der Waals surface area contributed by atoms with E-state index in [0.717, 1.165) is 10.0 Å². The number of carbonyl (C=O) groups is 2. The van der Waals surface area contributed by atoms with Gasteiger partial charge in [0.05, 0.1) is 30.0 Å². The summed E-state index contributed by atoms with van der Waals surface area (Å²) < 4.78 is 11.5. The number of ether oxygens (including phenoxy) is 2. The molecule has 1 aliphatic rings. The van der Waals surface area contributed by atoms with Crippen LogP contribution < -0.4 is 0 Å². The van der Waals surface area contributed by atoms with E-state index in [1.165, 1.54) is 0 Å². The third kappa shape index (κ3) is 4.46. The van der Waals surface area contributed by atoms with Crippen LogP contribution >= 0.6 is 15.9 Å². The predicted molar refractivity (Wildman–Crippen MR) is 113 cm³/mol. The first kappa shape index (κ1) is 19.5. The number of hydrogen-bond acceptors (Lipinski definition) is 5. The van der Waals surface area contributed by atoms with E-state index in [-0.39, 0.29) is 12.5 Å². The summed E-state index contributed by atoms with van der Waals surface area (Å²) in [6.07, 6.45) is 0. The molecule has 29 heavy (non-hydrogen) atoms. The molecule has 0 aliphatic carbocycles. The first-order valence-electron chi connectivity index (χ1n) is 9.30. The zero-order valence-corrected chi connectivity index (χ0v) is 17.2. The van der Waals surface area contributed by atoms with Gasteiger partial charge in [-0.05, 0) is 24.3 Å². The van der Waals surface area contributed by atoms with Crippen LogP contribution in [0.25, 0.3) is 22.2 Å². The molecule has 148 valence electrons. The third-order valence-electron chi connectivity index (χ3n) is 4.75. The summed E-state index contributed by atoms with van der Waals surface area (Å²) in [6.45, 7) is 1.75. The normalized spacial score (nSPS) is 14.0. The molecule has 1 fully saturated rings. The molecule has 1 saturated heterocycles. The number of morpholine rings is 1. The molecule has 0 spiro atoms. The summed E-state index contributed by atoms with van der Waals surface area (Å²) in [5.41, 5.74) is 2.62. The third-order valence-corrected chi connectivity index (χ3v) is 5.24. The lowest BCUT2D eigenvalue weighted by Crippen LogP contribution is -2.42. The Hall–Kier alpha value is -2.77. The highest BCUT2D eigenvalue weighted by Crippen LogP contribution is 2.27. The van der Waals surface area contributed by atoms with E-state index >= 15 is 0 Å². The molecule has 2 aromatic carbocycles. The number of pyridine rings is 1. The van der Waals surface area contributed by atoms with Crippen molar-refractivity contribution in [2.75, 3.05) is 32.9 Å². The van der Waals surface area contributed by atoms with Crippen molar-refractivity contribution in [1.82, 2.24) is 9.88 Å². The second-order valence-corrected chi connectivity index (χ2v) is 7.57. The molecule has 6 nitrogen and oxygen atoms in total. The SMILES string of the molecule is O=C(OCC(=O)N1CCOCC1)c1cc(-c2cccc(Br)c2)nc2ccccc12. The molecule has 1 amide bonds. The summed E-state index contributed by atoms with van der Waals surface area (Å²) in [5.74, 6) is -0.756. The Labute approximate surface area is 176 Å². The summed E-state index contributed by atoms with van der Waals surface area (Å²) in [7, 11) is 0. The van der Waals surface area contributed by atoms with Crippen molar-refractivity contribution in [3.8, 4) is 11.3 Å². The van der Waals surface area contributed by atoms with Crippen molar-refractivity contribution in [3.05, 3.63) is 64.6 Å². The average molecular weight is 455 g/mol. The Morgan fingerprint density at radius 1 is 1.07 bits per heavy atom. The van der Waals surface area contributed by atoms with Gasteiger partial charge in [-0.15, -0.1) is 0 Å². The predicted octanol–water partition coefficient (Wildman–Crippen LogP) is 3.68. The van der Waals surface area contributed by atoms with Crippen LogP contribution in [0.2, 0.25) is 0 Å². The van der Waals surface area contributed by atoms with Gasteiger partial charge in [0.25, 0.3) is 5.91 Å². The van der Waals surface area contributed by atoms with E-state index in [4.69, 9.17) is 9.47 Å². The summed E-state index contributed by atoms with van der Waals surface area (Å²) >= 11 is 3.46. The van der Waals surface area contributed by atoms with Gasteiger partial charge in [-0.3, -0.25) is 4.79 Å². The number of esters is 1. The number of aromatic nitrogens is 1. The molecule has 0 N–H and O–H groups in total. The lowest BCUT2D eigenvalue weighted by molar-refractivity contribution is -0.138. The van der Waals surface area contributed by atoms with Crippen molar-refractivity contribution in [1.29, 1.82) is 0 Å². The molecule has 1 aliphatic heterocycles. The van der Waals surface area contributed by atoms with Gasteiger partial charge in [0.1, 0.15) is 0 Å². The van der Waals surface area contributed by atoms with Crippen molar-refractivity contribution >= 4 is 38.7 Å². The van der Waals surface area contributed by atoms with Gasteiger partial charge in [0.15, 0.2) is 6.61 Å². The minimum Gasteiger partial charge on any atom is -0.452 e. The number of amides is 1. The average Bonchev–Trinajstić information content (AvgIpc) is 2.77. The Morgan fingerprint density at radius 2 is 1.86 bits per heavy atom. The summed E-state index contributed by atoms with van der Waals surface area (Å²) in [5, 5.41) is 0.690. The fourth-order valence-corrected chi connectivity index (χ4v) is 3.65. The van der Waals surface area contributed by atoms with Crippen molar-refractivity contribution in [3.63, 3.8) is 0 Å². The molecule has 1 aromatic heterocycles. The zero-order chi connectivity index (χ0) is 20.2. The van der Waals surface area contributed by atoms with E-state index in [1.54, 1.807) is 11.0 Å². The molecule has 4 rings (SSSR count). The quantitative estimate of drug-likeness (QED) is 0.562. The maximum atomic E-state index is 12.8. The van der Waals surface area contributed by atoms with Crippen LogP contribution in [0.5, 0.6) is 0 Å². The number of fused-ring (bicyclic) bond motifs is 1. The van der Waals surface area contributed by atoms with E-state index in [2.05, 4.69) is 20.9 Å². The molecule has 3 aromatic rings. The van der Waals surface area contributed by atoms with Crippen molar-refractivity contribution < 1.29 is 19.1 Å². The monoisotopic (exact) mass is 454 g/mol. The summed E-state index contributed by atoms with van der Waals surface area (Å²) in [6, 6.07) is 16.8. The molecule has 0 bridgehead atoms. The Kier molecular flexibility index (Phi) is 5.87. The van der Waals surface area contributed by atoms with Gasteiger partial charge < -0.3 is 14.4 Å². The lowest BCUT2D eigenvalue weighted by Gasteiger charge is -2.26. The smallest absolute Gasteiger partial charge is 0.339 e. The Balaban J connectivity index is 1.61. The highest BCUT2D eigenvalue weighted by molar-refractivity contribution is 9.10. The van der Waals surface area contributed by atoms with Crippen LogP contribution in [0, 0.1) is 0 Å². The first-order valence-corrected chi connectivity index (χ1v) is 10.1. The Bertz CT molecular complexity index is 1060. The molecule has 0 atom stereocenters. The topological polar surface area (TPSA) is 68.7 Å². The maximum absolute atomic E-state index is 12.8. The van der Waals surface area contributed by atoms with Crippen LogP contribution in [0.15, 0.2) is 59.1 Å². The molecular formula is C22H19BrN2O4. The lowest BCUT2D eigenvalue weighted by atomic mass is 10.0. The minimum atomic E-state index is -0.540. The van der Waals surface area contributed by atoms with Gasteiger partial charge >= 0.3 is 5.97 Å². The zero-order valence-electron chi connectivity index (χ0n) is 15.6. The van der Waals surface area contributed by atoms with E-state index in [1.807, 2.05) is 48.5 Å². The molecule has 0 unspecified atom stereocenters. The van der Waals surface area contributed by atoms with Crippen LogP contribution in [0.4, 0.5) is 0 Å². The van der Waals surface area contributed by atoms with Gasteiger partial charge in [0, 0.05) is 28.5 Å². The van der Waals surface area contributed by atoms with Gasteiger partial charge in [0.2, 0.25) is 0 Å². The minimum absolute atomic E-state index is 0.216. The summed E-state index contributed by atoms with van der Waals surface area (Å²) in [4.78, 5) is 31.5. The van der Waals surface area contributed by atoms with E-state index in [0.29, 0.717) is 48.5 Å². The molecule has 7 heteroatoms. The van der Waals surface area contributed by atoms with Crippen LogP contribution in [0.1, 0.15) is 10.4 Å². The van der Waals surface area contributed by atoms with Gasteiger partial charge in [-0.1, -0.05) is 46.3 Å². The van der Waals surface area contributed by atoms with Crippen LogP contribution in [-0.4, -0.2) is 54.7 Å². The van der Waals surface area contributed by atoms with Crippen LogP contribution in [-0.2, 0) is 14.3 Å². The second-order valence-electron chi connectivity index (χ2n) is 6.65. The maximum Gasteiger partial charge on any atom is 0.339 e. The highest BCUT2D eigenvalue weighted by atomic mass is 79.9. The molecular weight excluding hydrogens is 436 g/mol. The Morgan fingerprint density at radius 3 is 2.66 bits per heavy atom. The van der Waals surface area contributed by atoms with Crippen molar-refractivity contribution in [2.24, 2.45) is 0 Å².